The normalized spacial score (nSPS) is 10.0. The minimum Gasteiger partial charge on any atom is -0.347 e. The van der Waals surface area contributed by atoms with Crippen LogP contribution in [0.1, 0.15) is 26.5 Å². The van der Waals surface area contributed by atoms with E-state index in [2.05, 4.69) is 38.1 Å². The number of aryl methyl sites for hydroxylation is 1. The Bertz CT molecular complexity index is 759. The first-order valence-electron chi connectivity index (χ1n) is 6.95. The Labute approximate surface area is 142 Å². The maximum atomic E-state index is 12.3. The molecule has 5 nitrogen and oxygen atoms in total. The predicted octanol–water partition coefficient (Wildman–Crippen LogP) is 3.32. The molecule has 0 spiro atoms. The molecular formula is C17H16BrN3O2. The molecule has 0 aliphatic carbocycles. The smallest absolute Gasteiger partial charge is 0.274 e. The van der Waals surface area contributed by atoms with E-state index in [4.69, 9.17) is 0 Å². The van der Waals surface area contributed by atoms with Crippen molar-refractivity contribution >= 4 is 33.4 Å². The van der Waals surface area contributed by atoms with Crippen molar-refractivity contribution in [2.75, 3.05) is 11.9 Å². The quantitative estimate of drug-likeness (QED) is 0.789. The third-order valence-electron chi connectivity index (χ3n) is 3.05. The van der Waals surface area contributed by atoms with Gasteiger partial charge < -0.3 is 10.6 Å². The van der Waals surface area contributed by atoms with Gasteiger partial charge in [-0.1, -0.05) is 34.1 Å². The van der Waals surface area contributed by atoms with Crippen LogP contribution in [0.2, 0.25) is 0 Å². The molecule has 6 heteroatoms. The van der Waals surface area contributed by atoms with Crippen LogP contribution in [-0.4, -0.2) is 23.3 Å². The van der Waals surface area contributed by atoms with Gasteiger partial charge in [0.05, 0.1) is 0 Å². The van der Waals surface area contributed by atoms with Crippen molar-refractivity contribution in [2.24, 2.45) is 0 Å². The Morgan fingerprint density at radius 2 is 1.91 bits per heavy atom. The summed E-state index contributed by atoms with van der Waals surface area (Å²) in [5.41, 5.74) is 2.08. The van der Waals surface area contributed by atoms with Gasteiger partial charge in [-0.15, -0.1) is 6.58 Å². The fraction of sp³-hybridized carbons (Fsp3) is 0.118. The predicted molar refractivity (Wildman–Crippen MR) is 93.6 cm³/mol. The minimum atomic E-state index is -0.376. The van der Waals surface area contributed by atoms with Gasteiger partial charge in [0, 0.05) is 16.7 Å². The van der Waals surface area contributed by atoms with Crippen LogP contribution in [0.25, 0.3) is 0 Å². The minimum absolute atomic E-state index is 0.174. The third-order valence-corrected chi connectivity index (χ3v) is 3.91. The van der Waals surface area contributed by atoms with Crippen LogP contribution in [0.3, 0.4) is 0 Å². The Morgan fingerprint density at radius 3 is 2.57 bits per heavy atom. The third kappa shape index (κ3) is 4.50. The van der Waals surface area contributed by atoms with Crippen molar-refractivity contribution in [2.45, 2.75) is 6.92 Å². The molecule has 0 saturated heterocycles. The number of halogens is 1. The summed E-state index contributed by atoms with van der Waals surface area (Å²) in [5, 5.41) is 5.38. The van der Waals surface area contributed by atoms with Crippen LogP contribution in [-0.2, 0) is 0 Å². The van der Waals surface area contributed by atoms with E-state index >= 15 is 0 Å². The van der Waals surface area contributed by atoms with Crippen molar-refractivity contribution in [1.82, 2.24) is 10.3 Å². The molecule has 0 aliphatic heterocycles. The molecule has 1 aromatic heterocycles. The fourth-order valence-electron chi connectivity index (χ4n) is 1.81. The van der Waals surface area contributed by atoms with Gasteiger partial charge in [-0.25, -0.2) is 4.98 Å². The van der Waals surface area contributed by atoms with Gasteiger partial charge in [0.25, 0.3) is 11.8 Å². The van der Waals surface area contributed by atoms with Gasteiger partial charge in [0.1, 0.15) is 11.4 Å². The number of hydrogen-bond donors (Lipinski definition) is 2. The first-order valence-corrected chi connectivity index (χ1v) is 7.74. The summed E-state index contributed by atoms with van der Waals surface area (Å²) in [7, 11) is 0. The van der Waals surface area contributed by atoms with E-state index in [1.54, 1.807) is 30.3 Å². The standard InChI is InChI=1S/C17H16BrN3O2/c1-3-9-19-16(22)14-5-4-6-15(21-14)17(23)20-12-8-7-11(2)13(18)10-12/h3-8,10H,1,9H2,2H3,(H,19,22)(H,20,23). The van der Waals surface area contributed by atoms with Gasteiger partial charge in [-0.2, -0.15) is 0 Å². The highest BCUT2D eigenvalue weighted by Crippen LogP contribution is 2.21. The molecule has 23 heavy (non-hydrogen) atoms. The van der Waals surface area contributed by atoms with Crippen LogP contribution < -0.4 is 10.6 Å². The van der Waals surface area contributed by atoms with Gasteiger partial charge >= 0.3 is 0 Å². The highest BCUT2D eigenvalue weighted by molar-refractivity contribution is 9.10. The van der Waals surface area contributed by atoms with Gasteiger partial charge in [0.2, 0.25) is 0 Å². The summed E-state index contributed by atoms with van der Waals surface area (Å²) in [4.78, 5) is 28.2. The maximum Gasteiger partial charge on any atom is 0.274 e. The second kappa shape index (κ2) is 7.69. The molecule has 2 rings (SSSR count). The largest absolute Gasteiger partial charge is 0.347 e. The molecular weight excluding hydrogens is 358 g/mol. The molecule has 0 atom stereocenters. The number of hydrogen-bond acceptors (Lipinski definition) is 3. The lowest BCUT2D eigenvalue weighted by Crippen LogP contribution is -2.25. The molecule has 2 N–H and O–H groups in total. The monoisotopic (exact) mass is 373 g/mol. The number of rotatable bonds is 5. The van der Waals surface area contributed by atoms with Crippen molar-refractivity contribution in [3.63, 3.8) is 0 Å². The Morgan fingerprint density at radius 1 is 1.22 bits per heavy atom. The summed E-state index contributed by atoms with van der Waals surface area (Å²) >= 11 is 3.42. The maximum absolute atomic E-state index is 12.3. The Hall–Kier alpha value is -2.47. The van der Waals surface area contributed by atoms with Gasteiger partial charge in [-0.3, -0.25) is 9.59 Å². The lowest BCUT2D eigenvalue weighted by atomic mass is 10.2. The van der Waals surface area contributed by atoms with Crippen molar-refractivity contribution in [1.29, 1.82) is 0 Å². The van der Waals surface area contributed by atoms with Crippen LogP contribution in [0, 0.1) is 6.92 Å². The highest BCUT2D eigenvalue weighted by Gasteiger charge is 2.12. The summed E-state index contributed by atoms with van der Waals surface area (Å²) in [5.74, 6) is -0.725. The molecule has 2 aromatic rings. The number of nitrogens with zero attached hydrogens (tertiary/aromatic N) is 1. The van der Waals surface area contributed by atoms with E-state index in [-0.39, 0.29) is 23.2 Å². The molecule has 1 heterocycles. The van der Waals surface area contributed by atoms with E-state index in [1.165, 1.54) is 0 Å². The highest BCUT2D eigenvalue weighted by atomic mass is 79.9. The SMILES string of the molecule is C=CCNC(=O)c1cccc(C(=O)Nc2ccc(C)c(Br)c2)n1. The first kappa shape index (κ1) is 16.9. The summed E-state index contributed by atoms with van der Waals surface area (Å²) in [6.45, 7) is 5.83. The van der Waals surface area contributed by atoms with Crippen LogP contribution in [0.5, 0.6) is 0 Å². The molecule has 118 valence electrons. The zero-order chi connectivity index (χ0) is 16.8. The second-order valence-electron chi connectivity index (χ2n) is 4.82. The second-order valence-corrected chi connectivity index (χ2v) is 5.68. The Balaban J connectivity index is 2.14. The van der Waals surface area contributed by atoms with Crippen molar-refractivity contribution in [3.05, 3.63) is 70.5 Å². The molecule has 0 aliphatic rings. The van der Waals surface area contributed by atoms with Crippen LogP contribution >= 0.6 is 15.9 Å². The zero-order valence-corrected chi connectivity index (χ0v) is 14.2. The molecule has 0 unspecified atom stereocenters. The zero-order valence-electron chi connectivity index (χ0n) is 12.6. The van der Waals surface area contributed by atoms with Crippen molar-refractivity contribution < 1.29 is 9.59 Å². The molecule has 1 aromatic carbocycles. The van der Waals surface area contributed by atoms with E-state index < -0.39 is 0 Å². The summed E-state index contributed by atoms with van der Waals surface area (Å²) in [6, 6.07) is 10.2. The fourth-order valence-corrected chi connectivity index (χ4v) is 2.19. The molecule has 2 amide bonds. The molecule has 0 radical (unpaired) electrons. The summed E-state index contributed by atoms with van der Waals surface area (Å²) in [6.07, 6.45) is 1.57. The number of nitrogens with one attached hydrogen (secondary N) is 2. The van der Waals surface area contributed by atoms with E-state index in [1.807, 2.05) is 19.1 Å². The lowest BCUT2D eigenvalue weighted by molar-refractivity contribution is 0.0953. The first-order chi connectivity index (χ1) is 11.0. The average Bonchev–Trinajstić information content (AvgIpc) is 2.56. The number of pyridine rings is 1. The number of carbonyl (C=O) groups excluding carboxylic acids is 2. The topological polar surface area (TPSA) is 71.1 Å². The molecule has 0 fully saturated rings. The average molecular weight is 374 g/mol. The lowest BCUT2D eigenvalue weighted by Gasteiger charge is -2.08. The number of benzene rings is 1. The summed E-state index contributed by atoms with van der Waals surface area (Å²) < 4.78 is 0.904. The number of carbonyl (C=O) groups is 2. The number of aromatic nitrogens is 1. The molecule has 0 saturated carbocycles. The van der Waals surface area contributed by atoms with Crippen molar-refractivity contribution in [3.8, 4) is 0 Å². The number of anilines is 1. The Kier molecular flexibility index (Phi) is 5.65. The van der Waals surface area contributed by atoms with E-state index in [0.717, 1.165) is 10.0 Å². The van der Waals surface area contributed by atoms with E-state index in [0.29, 0.717) is 12.2 Å². The van der Waals surface area contributed by atoms with Crippen LogP contribution in [0.15, 0.2) is 53.5 Å². The van der Waals surface area contributed by atoms with Gasteiger partial charge in [0.15, 0.2) is 0 Å². The van der Waals surface area contributed by atoms with Gasteiger partial charge in [-0.05, 0) is 36.8 Å². The van der Waals surface area contributed by atoms with E-state index in [9.17, 15) is 9.59 Å². The number of amides is 2. The molecule has 0 bridgehead atoms. The van der Waals surface area contributed by atoms with Crippen LogP contribution in [0.4, 0.5) is 5.69 Å².